The largest absolute Gasteiger partial charge is 0.394 e. The summed E-state index contributed by atoms with van der Waals surface area (Å²) in [4.78, 5) is 17.7. The SMILES string of the molecule is O=C(c1nc(Cl)ccc1Cl)N1CCCC1CO. The van der Waals surface area contributed by atoms with Gasteiger partial charge in [0.15, 0.2) is 0 Å². The Morgan fingerprint density at radius 1 is 1.53 bits per heavy atom. The first-order valence-corrected chi connectivity index (χ1v) is 6.13. The molecule has 2 heterocycles. The number of aliphatic hydroxyl groups is 1. The van der Waals surface area contributed by atoms with Crippen LogP contribution in [0.15, 0.2) is 12.1 Å². The van der Waals surface area contributed by atoms with E-state index in [1.807, 2.05) is 0 Å². The van der Waals surface area contributed by atoms with Gasteiger partial charge in [-0.2, -0.15) is 0 Å². The minimum absolute atomic E-state index is 0.0378. The number of hydrogen-bond donors (Lipinski definition) is 1. The Bertz CT molecular complexity index is 439. The number of amides is 1. The summed E-state index contributed by atoms with van der Waals surface area (Å²) in [5.41, 5.74) is 0.152. The molecule has 1 aliphatic rings. The zero-order valence-electron chi connectivity index (χ0n) is 9.07. The maximum Gasteiger partial charge on any atom is 0.274 e. The summed E-state index contributed by atoms with van der Waals surface area (Å²) in [5, 5.41) is 9.70. The number of likely N-dealkylation sites (tertiary alicyclic amines) is 1. The van der Waals surface area contributed by atoms with Crippen LogP contribution in [0.25, 0.3) is 0 Å². The van der Waals surface area contributed by atoms with Crippen LogP contribution in [0.1, 0.15) is 23.3 Å². The Labute approximate surface area is 109 Å². The lowest BCUT2D eigenvalue weighted by Crippen LogP contribution is -2.38. The third kappa shape index (κ3) is 2.54. The number of aromatic nitrogens is 1. The van der Waals surface area contributed by atoms with E-state index in [4.69, 9.17) is 23.2 Å². The first-order chi connectivity index (χ1) is 8.13. The van der Waals surface area contributed by atoms with E-state index in [0.717, 1.165) is 12.8 Å². The number of halogens is 2. The maximum absolute atomic E-state index is 12.2. The van der Waals surface area contributed by atoms with Gasteiger partial charge >= 0.3 is 0 Å². The zero-order valence-corrected chi connectivity index (χ0v) is 10.6. The predicted octanol–water partition coefficient (Wildman–Crippen LogP) is 1.99. The predicted molar refractivity (Wildman–Crippen MR) is 65.4 cm³/mol. The lowest BCUT2D eigenvalue weighted by atomic mass is 10.2. The molecule has 0 aliphatic carbocycles. The van der Waals surface area contributed by atoms with E-state index in [1.54, 1.807) is 11.0 Å². The normalized spacial score (nSPS) is 19.7. The second-order valence-corrected chi connectivity index (χ2v) is 4.74. The van der Waals surface area contributed by atoms with Gasteiger partial charge in [0.25, 0.3) is 5.91 Å². The van der Waals surface area contributed by atoms with Crippen molar-refractivity contribution in [1.82, 2.24) is 9.88 Å². The molecule has 0 spiro atoms. The molecule has 0 radical (unpaired) electrons. The first kappa shape index (κ1) is 12.6. The minimum Gasteiger partial charge on any atom is -0.394 e. The van der Waals surface area contributed by atoms with E-state index in [-0.39, 0.29) is 34.4 Å². The average Bonchev–Trinajstić information content (AvgIpc) is 2.79. The Morgan fingerprint density at radius 3 is 3.00 bits per heavy atom. The molecule has 1 fully saturated rings. The van der Waals surface area contributed by atoms with Crippen LogP contribution in [0, 0.1) is 0 Å². The van der Waals surface area contributed by atoms with Crippen LogP contribution in [0.2, 0.25) is 10.2 Å². The lowest BCUT2D eigenvalue weighted by Gasteiger charge is -2.22. The fourth-order valence-corrected chi connectivity index (χ4v) is 2.33. The van der Waals surface area contributed by atoms with Gasteiger partial charge in [0.05, 0.1) is 17.7 Å². The highest BCUT2D eigenvalue weighted by molar-refractivity contribution is 6.34. The van der Waals surface area contributed by atoms with Gasteiger partial charge in [0.1, 0.15) is 10.8 Å². The van der Waals surface area contributed by atoms with Gasteiger partial charge < -0.3 is 10.0 Å². The Balaban J connectivity index is 2.27. The van der Waals surface area contributed by atoms with Crippen LogP contribution in [0.3, 0.4) is 0 Å². The molecule has 1 amide bonds. The van der Waals surface area contributed by atoms with E-state index < -0.39 is 0 Å². The van der Waals surface area contributed by atoms with Crippen molar-refractivity contribution in [3.8, 4) is 0 Å². The standard InChI is InChI=1S/C11H12Cl2N2O2/c12-8-3-4-9(13)14-10(8)11(17)15-5-1-2-7(15)6-16/h3-4,7,16H,1-2,5-6H2. The third-order valence-corrected chi connectivity index (χ3v) is 3.38. The van der Waals surface area contributed by atoms with Gasteiger partial charge in [-0.1, -0.05) is 23.2 Å². The van der Waals surface area contributed by atoms with Crippen molar-refractivity contribution in [3.05, 3.63) is 28.0 Å². The van der Waals surface area contributed by atoms with Crippen molar-refractivity contribution in [3.63, 3.8) is 0 Å². The van der Waals surface area contributed by atoms with E-state index in [9.17, 15) is 9.90 Å². The molecule has 2 rings (SSSR count). The molecule has 1 N–H and O–H groups in total. The Morgan fingerprint density at radius 2 is 2.29 bits per heavy atom. The quantitative estimate of drug-likeness (QED) is 0.840. The second kappa shape index (κ2) is 5.21. The highest BCUT2D eigenvalue weighted by atomic mass is 35.5. The molecule has 6 heteroatoms. The summed E-state index contributed by atoms with van der Waals surface area (Å²) < 4.78 is 0. The zero-order chi connectivity index (χ0) is 12.4. The molecule has 1 saturated heterocycles. The smallest absolute Gasteiger partial charge is 0.274 e. The number of nitrogens with zero attached hydrogens (tertiary/aromatic N) is 2. The number of pyridine rings is 1. The molecule has 1 unspecified atom stereocenters. The highest BCUT2D eigenvalue weighted by Gasteiger charge is 2.30. The monoisotopic (exact) mass is 274 g/mol. The van der Waals surface area contributed by atoms with Gasteiger partial charge in [-0.05, 0) is 25.0 Å². The molecule has 17 heavy (non-hydrogen) atoms. The molecule has 0 aromatic carbocycles. The number of rotatable bonds is 2. The van der Waals surface area contributed by atoms with Crippen molar-refractivity contribution < 1.29 is 9.90 Å². The van der Waals surface area contributed by atoms with Crippen LogP contribution < -0.4 is 0 Å². The summed E-state index contributed by atoms with van der Waals surface area (Å²) >= 11 is 11.7. The summed E-state index contributed by atoms with van der Waals surface area (Å²) in [6.07, 6.45) is 1.69. The van der Waals surface area contributed by atoms with Gasteiger partial charge in [-0.15, -0.1) is 0 Å². The number of carbonyl (C=O) groups is 1. The highest BCUT2D eigenvalue weighted by Crippen LogP contribution is 2.23. The van der Waals surface area contributed by atoms with Crippen molar-refractivity contribution in [2.24, 2.45) is 0 Å². The minimum atomic E-state index is -0.269. The Hall–Kier alpha value is -0.840. The molecule has 92 valence electrons. The number of hydrogen-bond acceptors (Lipinski definition) is 3. The molecule has 1 aliphatic heterocycles. The van der Waals surface area contributed by atoms with Crippen molar-refractivity contribution in [2.75, 3.05) is 13.2 Å². The fraction of sp³-hybridized carbons (Fsp3) is 0.455. The van der Waals surface area contributed by atoms with E-state index in [1.165, 1.54) is 6.07 Å². The number of aliphatic hydroxyl groups excluding tert-OH is 1. The van der Waals surface area contributed by atoms with Crippen molar-refractivity contribution in [2.45, 2.75) is 18.9 Å². The summed E-state index contributed by atoms with van der Waals surface area (Å²) in [5.74, 6) is -0.269. The number of carbonyl (C=O) groups excluding carboxylic acids is 1. The molecule has 1 atom stereocenters. The first-order valence-electron chi connectivity index (χ1n) is 5.37. The van der Waals surface area contributed by atoms with E-state index in [2.05, 4.69) is 4.98 Å². The Kier molecular flexibility index (Phi) is 3.86. The van der Waals surface area contributed by atoms with Gasteiger partial charge in [0.2, 0.25) is 0 Å². The van der Waals surface area contributed by atoms with Crippen LogP contribution in [-0.2, 0) is 0 Å². The molecule has 4 nitrogen and oxygen atoms in total. The van der Waals surface area contributed by atoms with Crippen molar-refractivity contribution >= 4 is 29.1 Å². The molecular weight excluding hydrogens is 263 g/mol. The second-order valence-electron chi connectivity index (χ2n) is 3.94. The van der Waals surface area contributed by atoms with E-state index in [0.29, 0.717) is 6.54 Å². The topological polar surface area (TPSA) is 53.4 Å². The van der Waals surface area contributed by atoms with Crippen LogP contribution >= 0.6 is 23.2 Å². The third-order valence-electron chi connectivity index (χ3n) is 2.86. The van der Waals surface area contributed by atoms with Crippen LogP contribution in [0.5, 0.6) is 0 Å². The van der Waals surface area contributed by atoms with Crippen LogP contribution in [-0.4, -0.2) is 40.1 Å². The maximum atomic E-state index is 12.2. The summed E-state index contributed by atoms with van der Waals surface area (Å²) in [6.45, 7) is 0.582. The molecule has 0 bridgehead atoms. The van der Waals surface area contributed by atoms with Crippen LogP contribution in [0.4, 0.5) is 0 Å². The summed E-state index contributed by atoms with van der Waals surface area (Å²) in [7, 11) is 0. The van der Waals surface area contributed by atoms with Crippen molar-refractivity contribution in [1.29, 1.82) is 0 Å². The van der Waals surface area contributed by atoms with Gasteiger partial charge in [0, 0.05) is 6.54 Å². The molecule has 1 aromatic heterocycles. The molecule has 1 aromatic rings. The van der Waals surface area contributed by atoms with Gasteiger partial charge in [-0.3, -0.25) is 4.79 Å². The molecule has 0 saturated carbocycles. The van der Waals surface area contributed by atoms with Gasteiger partial charge in [-0.25, -0.2) is 4.98 Å². The summed E-state index contributed by atoms with van der Waals surface area (Å²) in [6, 6.07) is 2.95. The average molecular weight is 275 g/mol. The fourth-order valence-electron chi connectivity index (χ4n) is 2.00. The molecular formula is C11H12Cl2N2O2. The lowest BCUT2D eigenvalue weighted by molar-refractivity contribution is 0.0672. The van der Waals surface area contributed by atoms with E-state index >= 15 is 0 Å².